The van der Waals surface area contributed by atoms with E-state index >= 15 is 0 Å². The fourth-order valence-electron chi connectivity index (χ4n) is 1.51. The maximum Gasteiger partial charge on any atom is 0.253 e. The van der Waals surface area contributed by atoms with E-state index in [0.717, 1.165) is 4.88 Å². The molecule has 2 aromatic rings. The number of rotatable bonds is 1. The number of aryl methyl sites for hydroxylation is 1. The summed E-state index contributed by atoms with van der Waals surface area (Å²) in [4.78, 5) is 21.2. The van der Waals surface area contributed by atoms with Gasteiger partial charge in [-0.05, 0) is 13.0 Å². The molecular weight excluding hydrogens is 277 g/mol. The van der Waals surface area contributed by atoms with E-state index in [4.69, 9.17) is 0 Å². The third-order valence-electron chi connectivity index (χ3n) is 2.60. The lowest BCUT2D eigenvalue weighted by molar-refractivity contribution is -0.125. The van der Waals surface area contributed by atoms with Gasteiger partial charge in [0.25, 0.3) is 5.91 Å². The molecule has 0 aliphatic heterocycles. The van der Waals surface area contributed by atoms with Crippen molar-refractivity contribution in [3.63, 3.8) is 0 Å². The van der Waals surface area contributed by atoms with E-state index in [1.807, 2.05) is 33.9 Å². The lowest BCUT2D eigenvalue weighted by Crippen LogP contribution is -2.23. The average Bonchev–Trinajstić information content (AvgIpc) is 2.69. The van der Waals surface area contributed by atoms with E-state index in [9.17, 15) is 9.18 Å². The predicted octanol–water partition coefficient (Wildman–Crippen LogP) is 2.85. The largest absolute Gasteiger partial charge is 0.292 e. The molecule has 20 heavy (non-hydrogen) atoms. The van der Waals surface area contributed by atoms with E-state index in [1.54, 1.807) is 10.6 Å². The zero-order chi connectivity index (χ0) is 14.9. The number of halogens is 1. The molecule has 0 aliphatic carbocycles. The second kappa shape index (κ2) is 5.28. The molecule has 4 nitrogen and oxygen atoms in total. The Balaban J connectivity index is 2.57. The first-order valence-corrected chi connectivity index (χ1v) is 6.99. The number of amides is 1. The van der Waals surface area contributed by atoms with Crippen molar-refractivity contribution in [2.45, 2.75) is 27.7 Å². The van der Waals surface area contributed by atoms with Gasteiger partial charge in [0.05, 0.1) is 5.69 Å². The van der Waals surface area contributed by atoms with Crippen LogP contribution in [0.4, 0.5) is 4.39 Å². The highest BCUT2D eigenvalue weighted by molar-refractivity contribution is 7.09. The molecule has 6 heteroatoms. The van der Waals surface area contributed by atoms with Gasteiger partial charge in [-0.25, -0.2) is 4.98 Å². The van der Waals surface area contributed by atoms with Gasteiger partial charge >= 0.3 is 0 Å². The smallest absolute Gasteiger partial charge is 0.253 e. The van der Waals surface area contributed by atoms with Gasteiger partial charge in [-0.3, -0.25) is 9.36 Å². The quantitative estimate of drug-likeness (QED) is 0.759. The molecule has 0 fully saturated rings. The summed E-state index contributed by atoms with van der Waals surface area (Å²) in [7, 11) is 0. The van der Waals surface area contributed by atoms with Gasteiger partial charge in [-0.1, -0.05) is 20.8 Å². The molecule has 0 atom stereocenters. The lowest BCUT2D eigenvalue weighted by Gasteiger charge is -2.11. The molecular formula is C14H16FN3OS. The summed E-state index contributed by atoms with van der Waals surface area (Å²) >= 11 is 1.39. The van der Waals surface area contributed by atoms with Gasteiger partial charge in [0.15, 0.2) is 4.80 Å². The number of pyridine rings is 1. The topological polar surface area (TPSA) is 47.2 Å². The van der Waals surface area contributed by atoms with E-state index in [1.165, 1.54) is 23.6 Å². The number of carbonyl (C=O) groups is 1. The zero-order valence-electron chi connectivity index (χ0n) is 11.8. The minimum absolute atomic E-state index is 0.206. The summed E-state index contributed by atoms with van der Waals surface area (Å²) < 4.78 is 14.9. The van der Waals surface area contributed by atoms with Crippen molar-refractivity contribution in [1.82, 2.24) is 9.55 Å². The van der Waals surface area contributed by atoms with Crippen molar-refractivity contribution in [2.24, 2.45) is 10.4 Å². The lowest BCUT2D eigenvalue weighted by atomic mass is 9.96. The van der Waals surface area contributed by atoms with Gasteiger partial charge in [-0.15, -0.1) is 11.3 Å². The van der Waals surface area contributed by atoms with Crippen molar-refractivity contribution < 1.29 is 9.18 Å². The second-order valence-electron chi connectivity index (χ2n) is 5.50. The van der Waals surface area contributed by atoms with Crippen LogP contribution in [0.2, 0.25) is 0 Å². The molecule has 1 amide bonds. The highest BCUT2D eigenvalue weighted by Gasteiger charge is 2.21. The van der Waals surface area contributed by atoms with Gasteiger partial charge < -0.3 is 0 Å². The normalized spacial score (nSPS) is 12.8. The van der Waals surface area contributed by atoms with E-state index < -0.39 is 11.4 Å². The summed E-state index contributed by atoms with van der Waals surface area (Å²) in [6, 6.07) is 2.99. The summed E-state index contributed by atoms with van der Waals surface area (Å²) in [6.07, 6.45) is 3.22. The van der Waals surface area contributed by atoms with Crippen LogP contribution in [0.5, 0.6) is 0 Å². The highest BCUT2D eigenvalue weighted by atomic mass is 32.1. The van der Waals surface area contributed by atoms with Crippen LogP contribution in [0.3, 0.4) is 0 Å². The molecule has 0 saturated heterocycles. The third kappa shape index (κ3) is 3.19. The van der Waals surface area contributed by atoms with Crippen molar-refractivity contribution >= 4 is 17.2 Å². The van der Waals surface area contributed by atoms with Crippen molar-refractivity contribution in [1.29, 1.82) is 0 Å². The van der Waals surface area contributed by atoms with Crippen LogP contribution < -0.4 is 4.80 Å². The van der Waals surface area contributed by atoms with Crippen LogP contribution in [0.15, 0.2) is 29.5 Å². The first-order valence-electron chi connectivity index (χ1n) is 6.17. The second-order valence-corrected chi connectivity index (χ2v) is 6.71. The summed E-state index contributed by atoms with van der Waals surface area (Å²) in [5, 5.41) is 0. The van der Waals surface area contributed by atoms with E-state index in [0.29, 0.717) is 10.5 Å². The number of carbonyl (C=O) groups excluding carboxylic acids is 1. The Morgan fingerprint density at radius 3 is 2.75 bits per heavy atom. The Bertz CT molecular complexity index is 710. The molecule has 106 valence electrons. The molecule has 0 aliphatic rings. The van der Waals surface area contributed by atoms with E-state index in [-0.39, 0.29) is 5.91 Å². The van der Waals surface area contributed by atoms with Crippen molar-refractivity contribution in [2.75, 3.05) is 0 Å². The van der Waals surface area contributed by atoms with E-state index in [2.05, 4.69) is 9.98 Å². The number of aromatic nitrogens is 2. The fourth-order valence-corrected chi connectivity index (χ4v) is 2.35. The predicted molar refractivity (Wildman–Crippen MR) is 76.2 cm³/mol. The highest BCUT2D eigenvalue weighted by Crippen LogP contribution is 2.16. The average molecular weight is 293 g/mol. The van der Waals surface area contributed by atoms with Crippen LogP contribution in [-0.4, -0.2) is 15.5 Å². The molecule has 0 radical (unpaired) electrons. The Morgan fingerprint density at radius 2 is 2.15 bits per heavy atom. The Labute approximate surface area is 120 Å². The Kier molecular flexibility index (Phi) is 3.85. The zero-order valence-corrected chi connectivity index (χ0v) is 12.7. The minimum atomic E-state index is -0.563. The Hall–Kier alpha value is -1.82. The maximum absolute atomic E-state index is 13.2. The standard InChI is InChI=1S/C14H16FN3OS/c1-9-8-18(10-5-6-16-11(15)7-10)13(20-9)17-12(19)14(2,3)4/h5-8H,1-4H3/b17-13-. The molecule has 0 unspecified atom stereocenters. The first-order chi connectivity index (χ1) is 9.27. The molecule has 0 spiro atoms. The summed E-state index contributed by atoms with van der Waals surface area (Å²) in [6.45, 7) is 7.36. The minimum Gasteiger partial charge on any atom is -0.292 e. The number of nitrogens with zero attached hydrogens (tertiary/aromatic N) is 3. The molecule has 2 heterocycles. The van der Waals surface area contributed by atoms with Crippen LogP contribution in [0.25, 0.3) is 5.69 Å². The maximum atomic E-state index is 13.2. The Morgan fingerprint density at radius 1 is 1.45 bits per heavy atom. The molecule has 0 aromatic carbocycles. The monoisotopic (exact) mass is 293 g/mol. The molecule has 0 saturated carbocycles. The number of thiazole rings is 1. The fraction of sp³-hybridized carbons (Fsp3) is 0.357. The molecule has 0 bridgehead atoms. The van der Waals surface area contributed by atoms with Crippen molar-refractivity contribution in [3.05, 3.63) is 40.2 Å². The number of hydrogen-bond acceptors (Lipinski definition) is 3. The van der Waals surface area contributed by atoms with Gasteiger partial charge in [-0.2, -0.15) is 9.38 Å². The first kappa shape index (κ1) is 14.6. The summed E-state index contributed by atoms with van der Waals surface area (Å²) in [5.74, 6) is -0.769. The summed E-state index contributed by atoms with van der Waals surface area (Å²) in [5.41, 5.74) is 0.0569. The molecule has 2 aromatic heterocycles. The van der Waals surface area contributed by atoms with Gasteiger partial charge in [0.2, 0.25) is 5.95 Å². The third-order valence-corrected chi connectivity index (χ3v) is 3.49. The molecule has 0 N–H and O–H groups in total. The van der Waals surface area contributed by atoms with Crippen LogP contribution >= 0.6 is 11.3 Å². The van der Waals surface area contributed by atoms with Gasteiger partial charge in [0, 0.05) is 28.8 Å². The van der Waals surface area contributed by atoms with Crippen LogP contribution in [0.1, 0.15) is 25.6 Å². The van der Waals surface area contributed by atoms with Gasteiger partial charge in [0.1, 0.15) is 0 Å². The SMILES string of the molecule is Cc1cn(-c2ccnc(F)c2)/c(=N/C(=O)C(C)(C)C)s1. The van der Waals surface area contributed by atoms with Crippen molar-refractivity contribution in [3.8, 4) is 5.69 Å². The number of hydrogen-bond donors (Lipinski definition) is 0. The molecule has 2 rings (SSSR count). The van der Waals surface area contributed by atoms with Crippen LogP contribution in [-0.2, 0) is 4.79 Å². The van der Waals surface area contributed by atoms with Crippen LogP contribution in [0, 0.1) is 18.3 Å².